The summed E-state index contributed by atoms with van der Waals surface area (Å²) in [6.45, 7) is 0. The molecule has 5 heteroatoms. The second kappa shape index (κ2) is 9.08. The predicted octanol–water partition coefficient (Wildman–Crippen LogP) is 8.52. The van der Waals surface area contributed by atoms with E-state index >= 15 is 0 Å². The standard InChI is InChI=1S/C36H26N2O2S/c39-41(40,27-12-2-1-3-13-27)28-23-25(37-33-18-8-4-14-29(33)30-15-5-9-19-34(30)37)22-26(24-28)38-35-20-10-6-16-31(35)32-17-7-11-21-36(32)38/h1-6,8-16,18-24H,7,17H2. The topological polar surface area (TPSA) is 44.0 Å². The Kier molecular flexibility index (Phi) is 5.31. The van der Waals surface area contributed by atoms with Gasteiger partial charge in [-0.1, -0.05) is 78.9 Å². The fraction of sp³-hybridized carbons (Fsp3) is 0.0556. The van der Waals surface area contributed by atoms with E-state index in [1.54, 1.807) is 24.3 Å². The van der Waals surface area contributed by atoms with E-state index in [1.807, 2.05) is 48.5 Å². The number of benzene rings is 5. The Hall–Kier alpha value is -4.87. The zero-order valence-electron chi connectivity index (χ0n) is 22.2. The van der Waals surface area contributed by atoms with Crippen molar-refractivity contribution in [1.29, 1.82) is 0 Å². The summed E-state index contributed by atoms with van der Waals surface area (Å²) in [5.41, 5.74) is 7.19. The molecule has 7 aromatic rings. The highest BCUT2D eigenvalue weighted by Crippen LogP contribution is 2.38. The van der Waals surface area contributed by atoms with Crippen LogP contribution in [0.5, 0.6) is 0 Å². The van der Waals surface area contributed by atoms with E-state index in [0.717, 1.165) is 57.2 Å². The quantitative estimate of drug-likeness (QED) is 0.220. The van der Waals surface area contributed by atoms with Crippen LogP contribution < -0.4 is 0 Å². The maximum Gasteiger partial charge on any atom is 0.206 e. The highest BCUT2D eigenvalue weighted by molar-refractivity contribution is 7.91. The normalized spacial score (nSPS) is 13.3. The third kappa shape index (κ3) is 3.63. The van der Waals surface area contributed by atoms with Gasteiger partial charge in [-0.25, -0.2) is 8.42 Å². The van der Waals surface area contributed by atoms with Gasteiger partial charge in [0.2, 0.25) is 9.84 Å². The molecule has 0 unspecified atom stereocenters. The smallest absolute Gasteiger partial charge is 0.206 e. The first kappa shape index (κ1) is 24.0. The van der Waals surface area contributed by atoms with Gasteiger partial charge in [0.1, 0.15) is 0 Å². The Morgan fingerprint density at radius 1 is 0.537 bits per heavy atom. The molecule has 8 rings (SSSR count). The number of aryl methyl sites for hydroxylation is 1. The van der Waals surface area contributed by atoms with Crippen LogP contribution in [-0.4, -0.2) is 17.6 Å². The van der Waals surface area contributed by atoms with Crippen molar-refractivity contribution in [3.63, 3.8) is 0 Å². The molecule has 0 bridgehead atoms. The molecular weight excluding hydrogens is 524 g/mol. The Bertz CT molecular complexity index is 2220. The molecule has 0 amide bonds. The monoisotopic (exact) mass is 550 g/mol. The number of allylic oxidation sites excluding steroid dienone is 1. The average Bonchev–Trinajstić information content (AvgIpc) is 3.54. The molecule has 2 heterocycles. The molecule has 5 aromatic carbocycles. The number of sulfone groups is 1. The molecular formula is C36H26N2O2S. The second-order valence-electron chi connectivity index (χ2n) is 10.5. The number of para-hydroxylation sites is 3. The molecule has 0 N–H and O–H groups in total. The number of aromatic nitrogens is 2. The molecule has 1 aliphatic rings. The minimum atomic E-state index is -3.79. The Labute approximate surface area is 238 Å². The molecule has 0 atom stereocenters. The van der Waals surface area contributed by atoms with E-state index < -0.39 is 9.84 Å². The van der Waals surface area contributed by atoms with E-state index in [9.17, 15) is 8.42 Å². The summed E-state index contributed by atoms with van der Waals surface area (Å²) in [5, 5.41) is 3.47. The first-order chi connectivity index (χ1) is 20.1. The maximum absolute atomic E-state index is 14.1. The predicted molar refractivity (Wildman–Crippen MR) is 167 cm³/mol. The Morgan fingerprint density at radius 2 is 1.07 bits per heavy atom. The molecule has 0 radical (unpaired) electrons. The van der Waals surface area contributed by atoms with Crippen LogP contribution in [0.4, 0.5) is 0 Å². The molecule has 0 fully saturated rings. The van der Waals surface area contributed by atoms with Gasteiger partial charge in [-0.2, -0.15) is 0 Å². The van der Waals surface area contributed by atoms with Crippen LogP contribution in [0, 0.1) is 0 Å². The van der Waals surface area contributed by atoms with Gasteiger partial charge in [0.15, 0.2) is 0 Å². The molecule has 0 aliphatic heterocycles. The van der Waals surface area contributed by atoms with Crippen LogP contribution in [0.2, 0.25) is 0 Å². The van der Waals surface area contributed by atoms with Crippen LogP contribution in [0.3, 0.4) is 0 Å². The minimum absolute atomic E-state index is 0.268. The molecule has 41 heavy (non-hydrogen) atoms. The summed E-state index contributed by atoms with van der Waals surface area (Å²) in [5.74, 6) is 0. The van der Waals surface area contributed by atoms with Crippen molar-refractivity contribution in [2.45, 2.75) is 22.6 Å². The average molecular weight is 551 g/mol. The number of nitrogens with zero attached hydrogens (tertiary/aromatic N) is 2. The van der Waals surface area contributed by atoms with E-state index in [1.165, 1.54) is 10.9 Å². The van der Waals surface area contributed by atoms with E-state index in [0.29, 0.717) is 0 Å². The third-order valence-electron chi connectivity index (χ3n) is 8.19. The van der Waals surface area contributed by atoms with Crippen molar-refractivity contribution in [2.24, 2.45) is 0 Å². The van der Waals surface area contributed by atoms with Crippen molar-refractivity contribution in [1.82, 2.24) is 9.13 Å². The van der Waals surface area contributed by atoms with Gasteiger partial charge < -0.3 is 9.13 Å². The zero-order chi connectivity index (χ0) is 27.6. The van der Waals surface area contributed by atoms with Crippen molar-refractivity contribution in [3.8, 4) is 11.4 Å². The van der Waals surface area contributed by atoms with Gasteiger partial charge in [0, 0.05) is 33.2 Å². The first-order valence-corrected chi connectivity index (χ1v) is 15.3. The van der Waals surface area contributed by atoms with Gasteiger partial charge in [-0.05, 0) is 73.0 Å². The number of fused-ring (bicyclic) bond motifs is 6. The highest BCUT2D eigenvalue weighted by Gasteiger charge is 2.24. The van der Waals surface area contributed by atoms with Gasteiger partial charge in [-0.15, -0.1) is 0 Å². The lowest BCUT2D eigenvalue weighted by atomic mass is 10.0. The van der Waals surface area contributed by atoms with Crippen molar-refractivity contribution < 1.29 is 8.42 Å². The molecule has 4 nitrogen and oxygen atoms in total. The van der Waals surface area contributed by atoms with Crippen LogP contribution >= 0.6 is 0 Å². The Balaban J connectivity index is 1.49. The van der Waals surface area contributed by atoms with Crippen molar-refractivity contribution in [2.75, 3.05) is 0 Å². The SMILES string of the molecule is O=S(=O)(c1ccccc1)c1cc(-n2c3c(c4ccccc42)CCC=C3)cc(-n2c3ccccc3c3ccccc32)c1. The van der Waals surface area contributed by atoms with Gasteiger partial charge in [0.05, 0.1) is 26.3 Å². The zero-order valence-corrected chi connectivity index (χ0v) is 23.1. The summed E-state index contributed by atoms with van der Waals surface area (Å²) >= 11 is 0. The summed E-state index contributed by atoms with van der Waals surface area (Å²) in [6.07, 6.45) is 6.34. The third-order valence-corrected chi connectivity index (χ3v) is 9.94. The number of rotatable bonds is 4. The molecule has 0 spiro atoms. The Morgan fingerprint density at radius 3 is 1.73 bits per heavy atom. The van der Waals surface area contributed by atoms with Gasteiger partial charge in [-0.3, -0.25) is 0 Å². The molecule has 0 saturated carbocycles. The highest BCUT2D eigenvalue weighted by atomic mass is 32.2. The fourth-order valence-electron chi connectivity index (χ4n) is 6.38. The first-order valence-electron chi connectivity index (χ1n) is 13.8. The molecule has 0 saturated heterocycles. The minimum Gasteiger partial charge on any atom is -0.309 e. The second-order valence-corrected chi connectivity index (χ2v) is 12.5. The largest absolute Gasteiger partial charge is 0.309 e. The van der Waals surface area contributed by atoms with E-state index in [4.69, 9.17) is 0 Å². The molecule has 1 aliphatic carbocycles. The van der Waals surface area contributed by atoms with Gasteiger partial charge >= 0.3 is 0 Å². The van der Waals surface area contributed by atoms with E-state index in [2.05, 4.69) is 69.8 Å². The van der Waals surface area contributed by atoms with Crippen LogP contribution in [0.15, 0.2) is 137 Å². The summed E-state index contributed by atoms with van der Waals surface area (Å²) in [4.78, 5) is 0.550. The summed E-state index contributed by atoms with van der Waals surface area (Å²) in [6, 6.07) is 39.5. The lowest BCUT2D eigenvalue weighted by molar-refractivity contribution is 0.596. The maximum atomic E-state index is 14.1. The lowest BCUT2D eigenvalue weighted by Crippen LogP contribution is -2.07. The van der Waals surface area contributed by atoms with Crippen molar-refractivity contribution >= 4 is 48.6 Å². The van der Waals surface area contributed by atoms with Crippen molar-refractivity contribution in [3.05, 3.63) is 139 Å². The molecule has 2 aromatic heterocycles. The lowest BCUT2D eigenvalue weighted by Gasteiger charge is -2.17. The van der Waals surface area contributed by atoms with Crippen LogP contribution in [0.1, 0.15) is 17.7 Å². The van der Waals surface area contributed by atoms with Crippen LogP contribution in [-0.2, 0) is 16.3 Å². The number of hydrogen-bond acceptors (Lipinski definition) is 2. The van der Waals surface area contributed by atoms with Crippen LogP contribution in [0.25, 0.3) is 50.2 Å². The summed E-state index contributed by atoms with van der Waals surface area (Å²) in [7, 11) is -3.79. The number of hydrogen-bond donors (Lipinski definition) is 0. The summed E-state index contributed by atoms with van der Waals surface area (Å²) < 4.78 is 32.7. The fourth-order valence-corrected chi connectivity index (χ4v) is 7.72. The molecule has 198 valence electrons. The van der Waals surface area contributed by atoms with E-state index in [-0.39, 0.29) is 9.79 Å². The van der Waals surface area contributed by atoms with Gasteiger partial charge in [0.25, 0.3) is 0 Å².